The number of ketones is 1. The molecule has 5 heteroatoms. The summed E-state index contributed by atoms with van der Waals surface area (Å²) in [6.45, 7) is 3.13. The number of aryl methyl sites for hydroxylation is 1. The van der Waals surface area contributed by atoms with Crippen molar-refractivity contribution >= 4 is 11.7 Å². The number of nitrogens with zero attached hydrogens (tertiary/aromatic N) is 2. The summed E-state index contributed by atoms with van der Waals surface area (Å²) in [5, 5.41) is 3.13. The topological polar surface area (TPSA) is 54.3 Å². The Labute approximate surface area is 113 Å². The Hall–Kier alpha value is -1.62. The van der Waals surface area contributed by atoms with Crippen molar-refractivity contribution in [3.8, 4) is 0 Å². The first kappa shape index (κ1) is 13.8. The molecule has 1 amide bonds. The largest absolute Gasteiger partial charge is 0.346 e. The molecule has 0 saturated carbocycles. The summed E-state index contributed by atoms with van der Waals surface area (Å²) >= 11 is 0. The van der Waals surface area contributed by atoms with E-state index in [1.807, 2.05) is 19.0 Å². The molecular weight excluding hydrogens is 242 g/mol. The normalized spacial score (nSPS) is 18.9. The fourth-order valence-corrected chi connectivity index (χ4v) is 2.67. The molecule has 19 heavy (non-hydrogen) atoms. The highest BCUT2D eigenvalue weighted by molar-refractivity contribution is 5.99. The van der Waals surface area contributed by atoms with E-state index in [4.69, 9.17) is 0 Å². The van der Waals surface area contributed by atoms with Crippen molar-refractivity contribution < 1.29 is 9.59 Å². The van der Waals surface area contributed by atoms with Gasteiger partial charge >= 0.3 is 0 Å². The molecule has 1 atom stereocenters. The predicted octanol–water partition coefficient (Wildman–Crippen LogP) is 1.05. The van der Waals surface area contributed by atoms with Crippen LogP contribution in [0.2, 0.25) is 0 Å². The van der Waals surface area contributed by atoms with Crippen LogP contribution in [0.1, 0.15) is 40.6 Å². The minimum atomic E-state index is -0.0113. The van der Waals surface area contributed by atoms with E-state index in [2.05, 4.69) is 5.32 Å². The van der Waals surface area contributed by atoms with Gasteiger partial charge in [0, 0.05) is 37.9 Å². The molecule has 2 rings (SSSR count). The lowest BCUT2D eigenvalue weighted by molar-refractivity contribution is 0.0727. The minimum Gasteiger partial charge on any atom is -0.346 e. The van der Waals surface area contributed by atoms with Gasteiger partial charge in [-0.25, -0.2) is 0 Å². The number of amides is 1. The van der Waals surface area contributed by atoms with E-state index >= 15 is 0 Å². The number of likely N-dealkylation sites (tertiary alicyclic amines) is 1. The van der Waals surface area contributed by atoms with Crippen LogP contribution in [-0.2, 0) is 7.05 Å². The first-order valence-corrected chi connectivity index (χ1v) is 6.67. The van der Waals surface area contributed by atoms with Gasteiger partial charge in [-0.2, -0.15) is 0 Å². The molecule has 0 spiro atoms. The van der Waals surface area contributed by atoms with Crippen molar-refractivity contribution in [2.24, 2.45) is 7.05 Å². The van der Waals surface area contributed by atoms with Gasteiger partial charge in [-0.05, 0) is 32.9 Å². The smallest absolute Gasteiger partial charge is 0.270 e. The number of hydrogen-bond donors (Lipinski definition) is 1. The van der Waals surface area contributed by atoms with Crippen molar-refractivity contribution in [3.63, 3.8) is 0 Å². The van der Waals surface area contributed by atoms with E-state index in [1.165, 1.54) is 6.92 Å². The minimum absolute atomic E-state index is 0.0113. The average Bonchev–Trinajstić information content (AvgIpc) is 2.95. The van der Waals surface area contributed by atoms with Crippen molar-refractivity contribution in [1.82, 2.24) is 14.8 Å². The van der Waals surface area contributed by atoms with Crippen molar-refractivity contribution in [1.29, 1.82) is 0 Å². The number of nitrogens with one attached hydrogen (secondary N) is 1. The van der Waals surface area contributed by atoms with Crippen LogP contribution in [-0.4, -0.2) is 47.3 Å². The second-order valence-electron chi connectivity index (χ2n) is 5.13. The highest BCUT2D eigenvalue weighted by Gasteiger charge is 2.30. The molecule has 0 aliphatic carbocycles. The van der Waals surface area contributed by atoms with Gasteiger partial charge in [-0.15, -0.1) is 0 Å². The van der Waals surface area contributed by atoms with Crippen molar-refractivity contribution in [3.05, 3.63) is 23.5 Å². The van der Waals surface area contributed by atoms with Crippen LogP contribution < -0.4 is 5.32 Å². The maximum Gasteiger partial charge on any atom is 0.270 e. The second-order valence-corrected chi connectivity index (χ2v) is 5.13. The predicted molar refractivity (Wildman–Crippen MR) is 73.4 cm³/mol. The molecular formula is C14H21N3O2. The summed E-state index contributed by atoms with van der Waals surface area (Å²) in [5.74, 6) is 0.00981. The van der Waals surface area contributed by atoms with Crippen molar-refractivity contribution in [2.45, 2.75) is 25.8 Å². The number of carbonyl (C=O) groups excluding carboxylic acids is 2. The number of likely N-dealkylation sites (N-methyl/N-ethyl adjacent to an activating group) is 1. The number of Topliss-reactive ketones (excluding diaryl/α,β-unsaturated/α-hetero) is 1. The van der Waals surface area contributed by atoms with Crippen LogP contribution in [0.15, 0.2) is 12.3 Å². The van der Waals surface area contributed by atoms with Crippen LogP contribution in [0, 0.1) is 0 Å². The Balaban J connectivity index is 2.21. The molecule has 0 radical (unpaired) electrons. The highest BCUT2D eigenvalue weighted by Crippen LogP contribution is 2.20. The van der Waals surface area contributed by atoms with Crippen LogP contribution in [0.3, 0.4) is 0 Å². The van der Waals surface area contributed by atoms with Crippen molar-refractivity contribution in [2.75, 3.05) is 20.1 Å². The number of rotatable bonds is 4. The monoisotopic (exact) mass is 263 g/mol. The Kier molecular flexibility index (Phi) is 4.04. The molecule has 104 valence electrons. The second kappa shape index (κ2) is 5.57. The quantitative estimate of drug-likeness (QED) is 0.826. The zero-order valence-corrected chi connectivity index (χ0v) is 11.8. The van der Waals surface area contributed by atoms with Crippen LogP contribution in [0.25, 0.3) is 0 Å². The zero-order valence-electron chi connectivity index (χ0n) is 11.8. The van der Waals surface area contributed by atoms with Gasteiger partial charge in [-0.3, -0.25) is 9.59 Å². The molecule has 2 heterocycles. The van der Waals surface area contributed by atoms with Gasteiger partial charge in [0.2, 0.25) is 0 Å². The molecule has 1 fully saturated rings. The zero-order chi connectivity index (χ0) is 14.0. The van der Waals surface area contributed by atoms with Crippen LogP contribution in [0.4, 0.5) is 0 Å². The van der Waals surface area contributed by atoms with Crippen LogP contribution >= 0.6 is 0 Å². The Morgan fingerprint density at radius 2 is 2.21 bits per heavy atom. The fraction of sp³-hybridized carbons (Fsp3) is 0.571. The van der Waals surface area contributed by atoms with E-state index in [1.54, 1.807) is 16.8 Å². The molecule has 1 aliphatic heterocycles. The van der Waals surface area contributed by atoms with Gasteiger partial charge in [0.05, 0.1) is 0 Å². The summed E-state index contributed by atoms with van der Waals surface area (Å²) in [7, 11) is 3.71. The third-order valence-corrected chi connectivity index (χ3v) is 3.71. The summed E-state index contributed by atoms with van der Waals surface area (Å²) in [6, 6.07) is 1.95. The van der Waals surface area contributed by atoms with Gasteiger partial charge in [0.25, 0.3) is 5.91 Å². The molecule has 0 bridgehead atoms. The van der Waals surface area contributed by atoms with E-state index < -0.39 is 0 Å². The van der Waals surface area contributed by atoms with Crippen LogP contribution in [0.5, 0.6) is 0 Å². The maximum atomic E-state index is 12.6. The fourth-order valence-electron chi connectivity index (χ4n) is 2.67. The maximum absolute atomic E-state index is 12.6. The molecule has 0 aromatic carbocycles. The lowest BCUT2D eigenvalue weighted by Gasteiger charge is -2.24. The first-order chi connectivity index (χ1) is 9.04. The lowest BCUT2D eigenvalue weighted by atomic mass is 10.2. The summed E-state index contributed by atoms with van der Waals surface area (Å²) < 4.78 is 1.74. The summed E-state index contributed by atoms with van der Waals surface area (Å²) in [4.78, 5) is 25.8. The van der Waals surface area contributed by atoms with E-state index in [0.29, 0.717) is 11.3 Å². The molecule has 1 N–H and O–H groups in total. The third-order valence-electron chi connectivity index (χ3n) is 3.71. The molecule has 1 saturated heterocycles. The van der Waals surface area contributed by atoms with Gasteiger partial charge in [0.1, 0.15) is 5.69 Å². The SMILES string of the molecule is CNCC1CCCN1C(=O)c1cc(C(C)=O)cn1C. The molecule has 1 unspecified atom stereocenters. The lowest BCUT2D eigenvalue weighted by Crippen LogP contribution is -2.41. The van der Waals surface area contributed by atoms with Gasteiger partial charge < -0.3 is 14.8 Å². The van der Waals surface area contributed by atoms with Gasteiger partial charge in [-0.1, -0.05) is 0 Å². The highest BCUT2D eigenvalue weighted by atomic mass is 16.2. The Bertz CT molecular complexity index is 493. The average molecular weight is 263 g/mol. The Morgan fingerprint density at radius 1 is 1.47 bits per heavy atom. The molecule has 1 aliphatic rings. The standard InChI is InChI=1S/C14H21N3O2/c1-10(18)11-7-13(16(3)9-11)14(19)17-6-4-5-12(17)8-15-2/h7,9,12,15H,4-6,8H2,1-3H3. The van der Waals surface area contributed by atoms with E-state index in [9.17, 15) is 9.59 Å². The molecule has 1 aromatic heterocycles. The number of aromatic nitrogens is 1. The molecule has 1 aromatic rings. The summed E-state index contributed by atoms with van der Waals surface area (Å²) in [6.07, 6.45) is 3.80. The number of hydrogen-bond acceptors (Lipinski definition) is 3. The number of carbonyl (C=O) groups is 2. The van der Waals surface area contributed by atoms with E-state index in [-0.39, 0.29) is 17.7 Å². The molecule has 5 nitrogen and oxygen atoms in total. The Morgan fingerprint density at radius 3 is 2.79 bits per heavy atom. The van der Waals surface area contributed by atoms with E-state index in [0.717, 1.165) is 25.9 Å². The summed E-state index contributed by atoms with van der Waals surface area (Å²) in [5.41, 5.74) is 1.18. The third kappa shape index (κ3) is 2.71. The van der Waals surface area contributed by atoms with Gasteiger partial charge in [0.15, 0.2) is 5.78 Å². The first-order valence-electron chi connectivity index (χ1n) is 6.67.